The van der Waals surface area contributed by atoms with Gasteiger partial charge in [-0.3, -0.25) is 4.79 Å². The molecule has 0 fully saturated rings. The molecular weight excluding hydrogens is 186 g/mol. The third kappa shape index (κ3) is 8.73. The number of carboxylic acids is 1. The van der Waals surface area contributed by atoms with E-state index in [2.05, 4.69) is 5.32 Å². The Hall–Kier alpha value is -1.36. The molecule has 0 heterocycles. The summed E-state index contributed by atoms with van der Waals surface area (Å²) in [6.45, 7) is 0.662. The van der Waals surface area contributed by atoms with Crippen molar-refractivity contribution in [2.24, 2.45) is 0 Å². The fraction of sp³-hybridized carbons (Fsp3) is 0.556. The lowest BCUT2D eigenvalue weighted by molar-refractivity contribution is -0.131. The molecule has 0 saturated heterocycles. The van der Waals surface area contributed by atoms with E-state index in [4.69, 9.17) is 10.2 Å². The number of carboxylic acid groups (broad SMARTS) is 1. The first-order valence-corrected chi connectivity index (χ1v) is 4.46. The van der Waals surface area contributed by atoms with E-state index < -0.39 is 11.9 Å². The predicted molar refractivity (Wildman–Crippen MR) is 50.7 cm³/mol. The summed E-state index contributed by atoms with van der Waals surface area (Å²) in [7, 11) is 0. The minimum absolute atomic E-state index is 0.160. The zero-order valence-electron chi connectivity index (χ0n) is 7.90. The van der Waals surface area contributed by atoms with Gasteiger partial charge in [0, 0.05) is 25.3 Å². The summed E-state index contributed by atoms with van der Waals surface area (Å²) in [5.41, 5.74) is 0. The van der Waals surface area contributed by atoms with E-state index in [-0.39, 0.29) is 6.61 Å². The predicted octanol–water partition coefficient (Wildman–Crippen LogP) is -0.0940. The minimum Gasteiger partial charge on any atom is -0.478 e. The summed E-state index contributed by atoms with van der Waals surface area (Å²) in [6, 6.07) is 0. The van der Waals surface area contributed by atoms with Gasteiger partial charge < -0.3 is 15.5 Å². The summed E-state index contributed by atoms with van der Waals surface area (Å²) in [5.74, 6) is -1.54. The van der Waals surface area contributed by atoms with Gasteiger partial charge in [-0.1, -0.05) is 0 Å². The van der Waals surface area contributed by atoms with Crippen LogP contribution in [-0.4, -0.2) is 35.2 Å². The third-order valence-corrected chi connectivity index (χ3v) is 1.51. The number of aliphatic carboxylic acids is 1. The molecule has 1 amide bonds. The lowest BCUT2D eigenvalue weighted by Crippen LogP contribution is -2.22. The lowest BCUT2D eigenvalue weighted by atomic mass is 10.2. The zero-order chi connectivity index (χ0) is 10.8. The molecule has 14 heavy (non-hydrogen) atoms. The second-order valence-electron chi connectivity index (χ2n) is 2.75. The molecule has 3 N–H and O–H groups in total. The van der Waals surface area contributed by atoms with E-state index >= 15 is 0 Å². The van der Waals surface area contributed by atoms with Gasteiger partial charge in [0.2, 0.25) is 5.91 Å². The molecule has 5 heteroatoms. The minimum atomic E-state index is -1.14. The van der Waals surface area contributed by atoms with Gasteiger partial charge in [0.15, 0.2) is 0 Å². The molecule has 0 spiro atoms. The van der Waals surface area contributed by atoms with Crippen molar-refractivity contribution < 1.29 is 19.8 Å². The SMILES string of the molecule is O=C(O)C=CC(=O)NCCCCCO. The van der Waals surface area contributed by atoms with E-state index in [1.54, 1.807) is 0 Å². The van der Waals surface area contributed by atoms with Crippen LogP contribution >= 0.6 is 0 Å². The number of nitrogens with one attached hydrogen (secondary N) is 1. The van der Waals surface area contributed by atoms with E-state index in [0.717, 1.165) is 31.4 Å². The molecule has 0 aromatic rings. The summed E-state index contributed by atoms with van der Waals surface area (Å²) in [5, 5.41) is 19.2. The standard InChI is InChI=1S/C9H15NO4/c11-7-3-1-2-6-10-8(12)4-5-9(13)14/h4-5,11H,1-3,6-7H2,(H,10,12)(H,13,14). The van der Waals surface area contributed by atoms with Crippen LogP contribution in [0.15, 0.2) is 12.2 Å². The Kier molecular flexibility index (Phi) is 7.45. The zero-order valence-corrected chi connectivity index (χ0v) is 7.90. The molecule has 0 unspecified atom stereocenters. The fourth-order valence-corrected chi connectivity index (χ4v) is 0.831. The van der Waals surface area contributed by atoms with Crippen molar-refractivity contribution in [3.8, 4) is 0 Å². The molecule has 0 rings (SSSR count). The Balaban J connectivity index is 3.40. The summed E-state index contributed by atoms with van der Waals surface area (Å²) in [4.78, 5) is 20.9. The van der Waals surface area contributed by atoms with E-state index in [1.165, 1.54) is 0 Å². The van der Waals surface area contributed by atoms with Gasteiger partial charge in [0.1, 0.15) is 0 Å². The van der Waals surface area contributed by atoms with Crippen LogP contribution in [0.25, 0.3) is 0 Å². The smallest absolute Gasteiger partial charge is 0.328 e. The van der Waals surface area contributed by atoms with Crippen LogP contribution in [0.4, 0.5) is 0 Å². The van der Waals surface area contributed by atoms with Crippen LogP contribution < -0.4 is 5.32 Å². The molecule has 0 aromatic heterocycles. The number of carbonyl (C=O) groups is 2. The van der Waals surface area contributed by atoms with E-state index in [0.29, 0.717) is 6.54 Å². The normalized spacial score (nSPS) is 10.4. The van der Waals surface area contributed by atoms with Gasteiger partial charge in [-0.2, -0.15) is 0 Å². The number of hydrogen-bond donors (Lipinski definition) is 3. The molecule has 0 aliphatic heterocycles. The first-order chi connectivity index (χ1) is 6.66. The second-order valence-corrected chi connectivity index (χ2v) is 2.75. The van der Waals surface area contributed by atoms with Crippen molar-refractivity contribution in [3.05, 3.63) is 12.2 Å². The van der Waals surface area contributed by atoms with Crippen molar-refractivity contribution >= 4 is 11.9 Å². The first-order valence-electron chi connectivity index (χ1n) is 4.46. The molecule has 0 saturated carbocycles. The van der Waals surface area contributed by atoms with Crippen LogP contribution in [0.2, 0.25) is 0 Å². The van der Waals surface area contributed by atoms with Crippen LogP contribution in [-0.2, 0) is 9.59 Å². The quantitative estimate of drug-likeness (QED) is 0.396. The molecule has 0 aliphatic carbocycles. The largest absolute Gasteiger partial charge is 0.478 e. The molecular formula is C9H15NO4. The maximum atomic E-state index is 10.9. The van der Waals surface area contributed by atoms with E-state index in [9.17, 15) is 9.59 Å². The summed E-state index contributed by atoms with van der Waals surface area (Å²) in [6.07, 6.45) is 4.13. The fourth-order valence-electron chi connectivity index (χ4n) is 0.831. The average molecular weight is 201 g/mol. The molecule has 0 aliphatic rings. The Labute approximate surface area is 82.4 Å². The molecule has 5 nitrogen and oxygen atoms in total. The van der Waals surface area contributed by atoms with Crippen LogP contribution in [0.5, 0.6) is 0 Å². The third-order valence-electron chi connectivity index (χ3n) is 1.51. The van der Waals surface area contributed by atoms with Crippen LogP contribution in [0.1, 0.15) is 19.3 Å². The summed E-state index contributed by atoms with van der Waals surface area (Å²) >= 11 is 0. The Morgan fingerprint density at radius 1 is 1.14 bits per heavy atom. The van der Waals surface area contributed by atoms with Crippen molar-refractivity contribution in [2.75, 3.05) is 13.2 Å². The Morgan fingerprint density at radius 2 is 1.86 bits per heavy atom. The molecule has 0 bridgehead atoms. The Bertz CT molecular complexity index is 213. The number of amides is 1. The number of rotatable bonds is 7. The van der Waals surface area contributed by atoms with E-state index in [1.807, 2.05) is 0 Å². The molecule has 80 valence electrons. The van der Waals surface area contributed by atoms with Crippen molar-refractivity contribution in [1.82, 2.24) is 5.32 Å². The van der Waals surface area contributed by atoms with Crippen molar-refractivity contribution in [3.63, 3.8) is 0 Å². The monoisotopic (exact) mass is 201 g/mol. The van der Waals surface area contributed by atoms with Gasteiger partial charge in [-0.15, -0.1) is 0 Å². The van der Waals surface area contributed by atoms with Gasteiger partial charge in [0.05, 0.1) is 0 Å². The number of hydrogen-bond acceptors (Lipinski definition) is 3. The maximum absolute atomic E-state index is 10.9. The lowest BCUT2D eigenvalue weighted by Gasteiger charge is -2.00. The maximum Gasteiger partial charge on any atom is 0.328 e. The first kappa shape index (κ1) is 12.6. The number of unbranched alkanes of at least 4 members (excludes halogenated alkanes) is 2. The molecule has 0 atom stereocenters. The number of carbonyl (C=O) groups excluding carboxylic acids is 1. The van der Waals surface area contributed by atoms with Crippen LogP contribution in [0.3, 0.4) is 0 Å². The number of aliphatic hydroxyl groups is 1. The molecule has 0 radical (unpaired) electrons. The highest BCUT2D eigenvalue weighted by molar-refractivity contribution is 5.93. The highest BCUT2D eigenvalue weighted by Gasteiger charge is 1.95. The highest BCUT2D eigenvalue weighted by Crippen LogP contribution is 1.91. The van der Waals surface area contributed by atoms with Crippen LogP contribution in [0, 0.1) is 0 Å². The Morgan fingerprint density at radius 3 is 2.43 bits per heavy atom. The average Bonchev–Trinajstić information content (AvgIpc) is 2.14. The van der Waals surface area contributed by atoms with Gasteiger partial charge in [-0.05, 0) is 19.3 Å². The van der Waals surface area contributed by atoms with Gasteiger partial charge in [0.25, 0.3) is 0 Å². The molecule has 0 aromatic carbocycles. The summed E-state index contributed by atoms with van der Waals surface area (Å²) < 4.78 is 0. The highest BCUT2D eigenvalue weighted by atomic mass is 16.4. The van der Waals surface area contributed by atoms with Crippen molar-refractivity contribution in [1.29, 1.82) is 0 Å². The topological polar surface area (TPSA) is 86.6 Å². The number of aliphatic hydroxyl groups excluding tert-OH is 1. The second kappa shape index (κ2) is 8.25. The van der Waals surface area contributed by atoms with Gasteiger partial charge >= 0.3 is 5.97 Å². The van der Waals surface area contributed by atoms with Gasteiger partial charge in [-0.25, -0.2) is 4.79 Å². The van der Waals surface area contributed by atoms with Crippen molar-refractivity contribution in [2.45, 2.75) is 19.3 Å².